The van der Waals surface area contributed by atoms with E-state index in [1.165, 1.54) is 6.20 Å². The number of nitrogen functional groups attached to an aromatic ring is 1. The number of fused-ring (bicyclic) bond motifs is 1. The van der Waals surface area contributed by atoms with Crippen molar-refractivity contribution in [3.63, 3.8) is 0 Å². The summed E-state index contributed by atoms with van der Waals surface area (Å²) < 4.78 is 5.40. The van der Waals surface area contributed by atoms with Crippen molar-refractivity contribution >= 4 is 22.5 Å². The topological polar surface area (TPSA) is 89.3 Å². The second-order valence-electron chi connectivity index (χ2n) is 4.69. The molecule has 2 aromatic rings. The van der Waals surface area contributed by atoms with E-state index in [0.717, 1.165) is 10.8 Å². The number of benzene rings is 1. The van der Waals surface area contributed by atoms with Gasteiger partial charge in [0.1, 0.15) is 5.82 Å². The van der Waals surface area contributed by atoms with Gasteiger partial charge in [-0.25, -0.2) is 10.8 Å². The number of pyridine rings is 1. The van der Waals surface area contributed by atoms with E-state index in [1.807, 2.05) is 38.1 Å². The van der Waals surface area contributed by atoms with E-state index in [-0.39, 0.29) is 12.0 Å². The Morgan fingerprint density at radius 3 is 2.76 bits per heavy atom. The highest BCUT2D eigenvalue weighted by Crippen LogP contribution is 2.23. The Bertz CT molecular complexity index is 630. The van der Waals surface area contributed by atoms with Crippen LogP contribution in [0.4, 0.5) is 5.82 Å². The van der Waals surface area contributed by atoms with Crippen LogP contribution in [0.3, 0.4) is 0 Å². The first-order valence-electron chi connectivity index (χ1n) is 6.91. The predicted molar refractivity (Wildman–Crippen MR) is 83.0 cm³/mol. The minimum Gasteiger partial charge on any atom is -0.377 e. The van der Waals surface area contributed by atoms with E-state index in [2.05, 4.69) is 15.7 Å². The van der Waals surface area contributed by atoms with E-state index in [4.69, 9.17) is 10.6 Å². The van der Waals surface area contributed by atoms with Crippen LogP contribution in [0.5, 0.6) is 0 Å². The minimum atomic E-state index is -0.172. The molecule has 0 spiro atoms. The maximum absolute atomic E-state index is 12.3. The van der Waals surface area contributed by atoms with Crippen molar-refractivity contribution in [3.05, 3.63) is 36.0 Å². The number of rotatable bonds is 6. The van der Waals surface area contributed by atoms with Crippen molar-refractivity contribution in [1.82, 2.24) is 10.3 Å². The number of anilines is 1. The minimum absolute atomic E-state index is 0.0249. The number of nitrogens with zero attached hydrogens (tertiary/aromatic N) is 1. The maximum atomic E-state index is 12.3. The fourth-order valence-electron chi connectivity index (χ4n) is 2.16. The van der Waals surface area contributed by atoms with Crippen molar-refractivity contribution in [3.8, 4) is 0 Å². The Balaban J connectivity index is 2.24. The summed E-state index contributed by atoms with van der Waals surface area (Å²) in [6.07, 6.45) is 1.50. The van der Waals surface area contributed by atoms with Gasteiger partial charge in [0.15, 0.2) is 0 Å². The molecule has 6 nitrogen and oxygen atoms in total. The van der Waals surface area contributed by atoms with Gasteiger partial charge >= 0.3 is 0 Å². The summed E-state index contributed by atoms with van der Waals surface area (Å²) in [6, 6.07) is 7.50. The van der Waals surface area contributed by atoms with E-state index in [9.17, 15) is 4.79 Å². The number of carbonyl (C=O) groups is 1. The summed E-state index contributed by atoms with van der Waals surface area (Å²) in [5.74, 6) is 5.82. The van der Waals surface area contributed by atoms with Crippen LogP contribution in [0.15, 0.2) is 30.5 Å². The van der Waals surface area contributed by atoms with Crippen LogP contribution in [0.2, 0.25) is 0 Å². The van der Waals surface area contributed by atoms with Crippen LogP contribution >= 0.6 is 0 Å². The highest BCUT2D eigenvalue weighted by atomic mass is 16.5. The highest BCUT2D eigenvalue weighted by Gasteiger charge is 2.13. The summed E-state index contributed by atoms with van der Waals surface area (Å²) in [6.45, 7) is 4.92. The van der Waals surface area contributed by atoms with E-state index in [1.54, 1.807) is 0 Å². The number of carbonyl (C=O) groups excluding carboxylic acids is 1. The van der Waals surface area contributed by atoms with Crippen molar-refractivity contribution in [1.29, 1.82) is 0 Å². The molecule has 21 heavy (non-hydrogen) atoms. The summed E-state index contributed by atoms with van der Waals surface area (Å²) in [7, 11) is 0. The third kappa shape index (κ3) is 3.48. The summed E-state index contributed by atoms with van der Waals surface area (Å²) in [5, 5.41) is 4.48. The zero-order valence-electron chi connectivity index (χ0n) is 12.2. The Hall–Kier alpha value is -2.18. The molecular weight excluding hydrogens is 268 g/mol. The van der Waals surface area contributed by atoms with Crippen LogP contribution in [-0.2, 0) is 4.74 Å². The molecule has 1 heterocycles. The Kier molecular flexibility index (Phi) is 5.08. The molecule has 112 valence electrons. The molecule has 1 unspecified atom stereocenters. The van der Waals surface area contributed by atoms with Gasteiger partial charge in [-0.05, 0) is 19.2 Å². The first kappa shape index (κ1) is 15.2. The van der Waals surface area contributed by atoms with Crippen molar-refractivity contribution in [2.75, 3.05) is 18.6 Å². The van der Waals surface area contributed by atoms with Crippen LogP contribution < -0.4 is 16.6 Å². The quantitative estimate of drug-likeness (QED) is 0.556. The van der Waals surface area contributed by atoms with Crippen molar-refractivity contribution in [2.24, 2.45) is 5.84 Å². The van der Waals surface area contributed by atoms with Crippen LogP contribution in [0, 0.1) is 0 Å². The van der Waals surface area contributed by atoms with Gasteiger partial charge in [0, 0.05) is 24.7 Å². The lowest BCUT2D eigenvalue weighted by Crippen LogP contribution is -2.32. The fraction of sp³-hybridized carbons (Fsp3) is 0.333. The van der Waals surface area contributed by atoms with Crippen molar-refractivity contribution < 1.29 is 9.53 Å². The molecule has 0 saturated carbocycles. The van der Waals surface area contributed by atoms with E-state index >= 15 is 0 Å². The zero-order chi connectivity index (χ0) is 15.2. The molecule has 0 saturated heterocycles. The molecule has 0 aliphatic heterocycles. The van der Waals surface area contributed by atoms with Gasteiger partial charge in [0.2, 0.25) is 0 Å². The Labute approximate surface area is 123 Å². The van der Waals surface area contributed by atoms with Gasteiger partial charge in [0.05, 0.1) is 11.7 Å². The largest absolute Gasteiger partial charge is 0.377 e. The molecule has 1 aromatic heterocycles. The molecule has 4 N–H and O–H groups in total. The lowest BCUT2D eigenvalue weighted by atomic mass is 10.1. The second-order valence-corrected chi connectivity index (χ2v) is 4.69. The van der Waals surface area contributed by atoms with E-state index < -0.39 is 0 Å². The fourth-order valence-corrected chi connectivity index (χ4v) is 2.16. The monoisotopic (exact) mass is 288 g/mol. The Morgan fingerprint density at radius 2 is 2.10 bits per heavy atom. The average molecular weight is 288 g/mol. The van der Waals surface area contributed by atoms with Gasteiger partial charge in [-0.1, -0.05) is 24.3 Å². The zero-order valence-corrected chi connectivity index (χ0v) is 12.2. The number of amides is 1. The predicted octanol–water partition coefficient (Wildman–Crippen LogP) is 1.68. The maximum Gasteiger partial charge on any atom is 0.253 e. The lowest BCUT2D eigenvalue weighted by molar-refractivity contribution is 0.0695. The van der Waals surface area contributed by atoms with Gasteiger partial charge in [-0.3, -0.25) is 4.79 Å². The summed E-state index contributed by atoms with van der Waals surface area (Å²) in [4.78, 5) is 16.5. The molecule has 0 bridgehead atoms. The molecule has 0 aliphatic carbocycles. The molecule has 6 heteroatoms. The first-order valence-corrected chi connectivity index (χ1v) is 6.91. The average Bonchev–Trinajstić information content (AvgIpc) is 2.51. The summed E-state index contributed by atoms with van der Waals surface area (Å²) in [5.41, 5.74) is 3.06. The van der Waals surface area contributed by atoms with Gasteiger partial charge in [0.25, 0.3) is 5.91 Å². The highest BCUT2D eigenvalue weighted by molar-refractivity contribution is 6.09. The molecule has 1 aromatic carbocycles. The smallest absolute Gasteiger partial charge is 0.253 e. The summed E-state index contributed by atoms with van der Waals surface area (Å²) >= 11 is 0. The third-order valence-corrected chi connectivity index (χ3v) is 3.18. The number of ether oxygens (including phenoxy) is 1. The molecule has 0 radical (unpaired) electrons. The molecule has 0 fully saturated rings. The number of aromatic nitrogens is 1. The number of nitrogens with one attached hydrogen (secondary N) is 2. The number of nitrogens with two attached hydrogens (primary N) is 1. The SMILES string of the molecule is CCOC(C)CNC(=O)c1cnc(NN)c2ccccc12. The second kappa shape index (κ2) is 7.01. The third-order valence-electron chi connectivity index (χ3n) is 3.18. The van der Waals surface area contributed by atoms with Crippen molar-refractivity contribution in [2.45, 2.75) is 20.0 Å². The van der Waals surface area contributed by atoms with Gasteiger partial charge in [-0.15, -0.1) is 0 Å². The number of hydrazine groups is 1. The van der Waals surface area contributed by atoms with E-state index in [0.29, 0.717) is 24.5 Å². The van der Waals surface area contributed by atoms with Crippen LogP contribution in [0.25, 0.3) is 10.8 Å². The lowest BCUT2D eigenvalue weighted by Gasteiger charge is -2.14. The standard InChI is InChI=1S/C15H20N4O2/c1-3-21-10(2)8-18-15(20)13-9-17-14(19-16)12-7-5-4-6-11(12)13/h4-7,9-10H,3,8,16H2,1-2H3,(H,17,19)(H,18,20). The number of hydrogen-bond donors (Lipinski definition) is 3. The van der Waals surface area contributed by atoms with Gasteiger partial charge < -0.3 is 15.5 Å². The first-order chi connectivity index (χ1) is 10.2. The van der Waals surface area contributed by atoms with Crippen LogP contribution in [-0.4, -0.2) is 30.1 Å². The van der Waals surface area contributed by atoms with Gasteiger partial charge in [-0.2, -0.15) is 0 Å². The number of hydrogen-bond acceptors (Lipinski definition) is 5. The molecular formula is C15H20N4O2. The molecule has 0 aliphatic rings. The van der Waals surface area contributed by atoms with Crippen LogP contribution in [0.1, 0.15) is 24.2 Å². The normalized spacial score (nSPS) is 12.1. The Morgan fingerprint density at radius 1 is 1.38 bits per heavy atom. The molecule has 1 atom stereocenters. The molecule has 2 rings (SSSR count). The molecule has 1 amide bonds.